The lowest BCUT2D eigenvalue weighted by Crippen LogP contribution is -2.24. The first-order valence-corrected chi connectivity index (χ1v) is 15.0. The Hall–Kier alpha value is -3.33. The van der Waals surface area contributed by atoms with E-state index < -0.39 is 20.0 Å². The number of phosphoric ester groups is 1. The van der Waals surface area contributed by atoms with Crippen LogP contribution < -0.4 is 15.1 Å². The van der Waals surface area contributed by atoms with E-state index in [9.17, 15) is 19.1 Å². The van der Waals surface area contributed by atoms with E-state index in [2.05, 4.69) is 29.9 Å². The summed E-state index contributed by atoms with van der Waals surface area (Å²) in [5.74, 6) is -0.0509. The van der Waals surface area contributed by atoms with Gasteiger partial charge >= 0.3 is 0 Å². The Bertz CT molecular complexity index is 1490. The Kier molecular flexibility index (Phi) is 8.49. The van der Waals surface area contributed by atoms with Gasteiger partial charge in [0.2, 0.25) is 0 Å². The van der Waals surface area contributed by atoms with Crippen LogP contribution in [0, 0.1) is 0 Å². The summed E-state index contributed by atoms with van der Waals surface area (Å²) in [4.78, 5) is 48.1. The number of thiazole rings is 1. The SMILES string of the molecule is CCOC1CCC(n2cc(NC(=O)c3csc(-c4cnn(C(C)OP(=O)([O-])[O-])c4)n3)c(-c3ncccn3)n2)CC1. The zero-order valence-electron chi connectivity index (χ0n) is 21.7. The highest BCUT2D eigenvalue weighted by molar-refractivity contribution is 7.43. The van der Waals surface area contributed by atoms with Crippen LogP contribution in [-0.4, -0.2) is 53.1 Å². The number of nitrogens with zero attached hydrogens (tertiary/aromatic N) is 7. The molecule has 1 fully saturated rings. The molecule has 0 bridgehead atoms. The first-order valence-electron chi connectivity index (χ1n) is 12.7. The summed E-state index contributed by atoms with van der Waals surface area (Å²) in [5.41, 5.74) is 1.63. The second-order valence-corrected chi connectivity index (χ2v) is 11.1. The third-order valence-electron chi connectivity index (χ3n) is 6.42. The summed E-state index contributed by atoms with van der Waals surface area (Å²) in [7, 11) is -5.18. The quantitative estimate of drug-likeness (QED) is 0.269. The normalized spacial score (nSPS) is 18.5. The summed E-state index contributed by atoms with van der Waals surface area (Å²) < 4.78 is 24.2. The molecule has 40 heavy (non-hydrogen) atoms. The van der Waals surface area contributed by atoms with E-state index in [1.165, 1.54) is 35.3 Å². The molecule has 212 valence electrons. The highest BCUT2D eigenvalue weighted by Gasteiger charge is 2.26. The highest BCUT2D eigenvalue weighted by Crippen LogP contribution is 2.34. The number of carbonyl (C=O) groups is 1. The van der Waals surface area contributed by atoms with Crippen molar-refractivity contribution in [2.45, 2.75) is 57.9 Å². The average Bonchev–Trinajstić information content (AvgIpc) is 3.68. The molecule has 14 nitrogen and oxygen atoms in total. The van der Waals surface area contributed by atoms with Crippen LogP contribution in [0.3, 0.4) is 0 Å². The predicted octanol–water partition coefficient (Wildman–Crippen LogP) is 2.80. The zero-order chi connectivity index (χ0) is 28.3. The van der Waals surface area contributed by atoms with Crippen molar-refractivity contribution in [3.05, 3.63) is 48.1 Å². The highest BCUT2D eigenvalue weighted by atomic mass is 32.1. The van der Waals surface area contributed by atoms with Gasteiger partial charge in [0, 0.05) is 42.3 Å². The molecule has 0 radical (unpaired) electrons. The lowest BCUT2D eigenvalue weighted by molar-refractivity contribution is -0.347. The number of anilines is 1. The predicted molar refractivity (Wildman–Crippen MR) is 141 cm³/mol. The molecule has 1 amide bonds. The number of hydrogen-bond acceptors (Lipinski definition) is 12. The molecule has 1 atom stereocenters. The Morgan fingerprint density at radius 3 is 2.67 bits per heavy atom. The van der Waals surface area contributed by atoms with Gasteiger partial charge in [0.25, 0.3) is 5.91 Å². The number of nitrogens with one attached hydrogen (secondary N) is 1. The largest absolute Gasteiger partial charge is 0.790 e. The van der Waals surface area contributed by atoms with Crippen LogP contribution in [0.4, 0.5) is 5.69 Å². The van der Waals surface area contributed by atoms with Crippen molar-refractivity contribution in [1.29, 1.82) is 0 Å². The van der Waals surface area contributed by atoms with Crippen LogP contribution in [0.1, 0.15) is 62.3 Å². The van der Waals surface area contributed by atoms with Crippen LogP contribution in [-0.2, 0) is 13.8 Å². The average molecular weight is 587 g/mol. The fraction of sp³-hybridized carbons (Fsp3) is 0.417. The van der Waals surface area contributed by atoms with Gasteiger partial charge in [-0.2, -0.15) is 10.2 Å². The molecule has 0 spiro atoms. The molecule has 0 aliphatic heterocycles. The van der Waals surface area contributed by atoms with Gasteiger partial charge in [0.15, 0.2) is 17.7 Å². The number of hydrogen-bond donors (Lipinski definition) is 1. The Balaban J connectivity index is 1.33. The number of carbonyl (C=O) groups excluding carboxylic acids is 1. The van der Waals surface area contributed by atoms with Crippen LogP contribution in [0.2, 0.25) is 0 Å². The minimum absolute atomic E-state index is 0.163. The van der Waals surface area contributed by atoms with E-state index in [4.69, 9.17) is 9.84 Å². The Labute approximate surface area is 233 Å². The van der Waals surface area contributed by atoms with Crippen LogP contribution in [0.5, 0.6) is 0 Å². The number of ether oxygens (including phenoxy) is 1. The number of amides is 1. The summed E-state index contributed by atoms with van der Waals surface area (Å²) in [6, 6.07) is 1.87. The van der Waals surface area contributed by atoms with Crippen molar-refractivity contribution >= 4 is 30.8 Å². The van der Waals surface area contributed by atoms with Gasteiger partial charge in [-0.25, -0.2) is 19.6 Å². The first-order chi connectivity index (χ1) is 19.2. The molecule has 1 N–H and O–H groups in total. The van der Waals surface area contributed by atoms with Crippen molar-refractivity contribution in [2.75, 3.05) is 11.9 Å². The van der Waals surface area contributed by atoms with E-state index in [0.29, 0.717) is 34.4 Å². The lowest BCUT2D eigenvalue weighted by Gasteiger charge is -2.31. The van der Waals surface area contributed by atoms with Gasteiger partial charge in [0.05, 0.1) is 31.9 Å². The van der Waals surface area contributed by atoms with Crippen LogP contribution in [0.25, 0.3) is 22.1 Å². The van der Waals surface area contributed by atoms with E-state index >= 15 is 0 Å². The maximum Gasteiger partial charge on any atom is 0.275 e. The molecule has 0 aromatic carbocycles. The lowest BCUT2D eigenvalue weighted by atomic mass is 9.93. The first kappa shape index (κ1) is 28.2. The van der Waals surface area contributed by atoms with Gasteiger partial charge in [-0.15, -0.1) is 11.3 Å². The smallest absolute Gasteiger partial charge is 0.275 e. The van der Waals surface area contributed by atoms with E-state index in [0.717, 1.165) is 25.7 Å². The molecule has 1 aliphatic rings. The molecule has 0 saturated heterocycles. The third kappa shape index (κ3) is 6.69. The van der Waals surface area contributed by atoms with E-state index in [1.54, 1.807) is 30.0 Å². The molecule has 16 heteroatoms. The summed E-state index contributed by atoms with van der Waals surface area (Å²) in [5, 5.41) is 13.8. The zero-order valence-corrected chi connectivity index (χ0v) is 23.5. The molecule has 4 heterocycles. The fourth-order valence-corrected chi connectivity index (χ4v) is 5.79. The Morgan fingerprint density at radius 2 is 1.98 bits per heavy atom. The van der Waals surface area contributed by atoms with Crippen molar-refractivity contribution in [1.82, 2.24) is 34.5 Å². The molecule has 1 saturated carbocycles. The van der Waals surface area contributed by atoms with Gasteiger partial charge in [-0.3, -0.25) is 9.48 Å². The minimum atomic E-state index is -5.18. The van der Waals surface area contributed by atoms with Gasteiger partial charge in [-0.1, -0.05) is 0 Å². The standard InChI is InChI=1S/C24H29N8O6PS/c1-3-37-18-7-5-17(6-8-18)32-13-19(21(30-32)22-25-9-4-10-26-22)28-23(33)20-14-40-24(29-20)16-11-27-31(12-16)15(2)38-39(34,35)36/h4,9-15,17-18H,3,5-8H2,1-2H3,(H,28,33)(H2,34,35,36)/p-2. The van der Waals surface area contributed by atoms with Crippen molar-refractivity contribution in [3.8, 4) is 22.1 Å². The van der Waals surface area contributed by atoms with Gasteiger partial charge < -0.3 is 28.9 Å². The number of phosphoric acid groups is 1. The van der Waals surface area contributed by atoms with E-state index in [1.807, 2.05) is 11.6 Å². The molecular weight excluding hydrogens is 559 g/mol. The molecule has 4 aromatic rings. The second-order valence-electron chi connectivity index (χ2n) is 9.18. The van der Waals surface area contributed by atoms with Gasteiger partial charge in [0.1, 0.15) is 10.7 Å². The van der Waals surface area contributed by atoms with Crippen molar-refractivity contribution < 1.29 is 28.4 Å². The monoisotopic (exact) mass is 586 g/mol. The van der Waals surface area contributed by atoms with Gasteiger partial charge in [-0.05, 0) is 45.6 Å². The number of rotatable bonds is 10. The fourth-order valence-electron chi connectivity index (χ4n) is 4.55. The molecule has 4 aromatic heterocycles. The molecule has 1 aliphatic carbocycles. The maximum atomic E-state index is 13.2. The molecule has 1 unspecified atom stereocenters. The van der Waals surface area contributed by atoms with Crippen molar-refractivity contribution in [3.63, 3.8) is 0 Å². The van der Waals surface area contributed by atoms with Crippen LogP contribution >= 0.6 is 19.2 Å². The van der Waals surface area contributed by atoms with Crippen LogP contribution in [0.15, 0.2) is 42.4 Å². The third-order valence-corrected chi connectivity index (χ3v) is 7.87. The van der Waals surface area contributed by atoms with Crippen molar-refractivity contribution in [2.24, 2.45) is 0 Å². The minimum Gasteiger partial charge on any atom is -0.790 e. The molecule has 5 rings (SSSR count). The summed E-state index contributed by atoms with van der Waals surface area (Å²) in [6.45, 7) is 4.07. The summed E-state index contributed by atoms with van der Waals surface area (Å²) >= 11 is 1.21. The Morgan fingerprint density at radius 1 is 1.23 bits per heavy atom. The van der Waals surface area contributed by atoms with E-state index in [-0.39, 0.29) is 17.8 Å². The maximum absolute atomic E-state index is 13.2. The summed E-state index contributed by atoms with van der Waals surface area (Å²) in [6.07, 6.45) is 10.8. The second kappa shape index (κ2) is 12.0. The topological polar surface area (TPSA) is 185 Å². The molecular formula is C24H27N8O6PS-2. The number of aromatic nitrogens is 7.